The summed E-state index contributed by atoms with van der Waals surface area (Å²) in [7, 11) is 0. The van der Waals surface area contributed by atoms with Crippen molar-refractivity contribution in [2.24, 2.45) is 11.7 Å². The molecule has 0 heterocycles. The summed E-state index contributed by atoms with van der Waals surface area (Å²) < 4.78 is 0. The van der Waals surface area contributed by atoms with E-state index in [0.29, 0.717) is 5.92 Å². The zero-order chi connectivity index (χ0) is 6.73. The van der Waals surface area contributed by atoms with E-state index in [-0.39, 0.29) is 0 Å². The van der Waals surface area contributed by atoms with Crippen molar-refractivity contribution < 1.29 is 0 Å². The molecule has 0 radical (unpaired) electrons. The molecule has 0 saturated heterocycles. The molecule has 0 aromatic rings. The van der Waals surface area contributed by atoms with Gasteiger partial charge in [0.25, 0.3) is 0 Å². The Hall–Kier alpha value is -0.460. The third-order valence-electron chi connectivity index (χ3n) is 1.49. The van der Waals surface area contributed by atoms with Crippen LogP contribution in [-0.4, -0.2) is 0 Å². The second-order valence-electron chi connectivity index (χ2n) is 2.52. The number of allylic oxidation sites excluding steroid dienone is 2. The molecule has 0 atom stereocenters. The maximum absolute atomic E-state index is 5.52. The van der Waals surface area contributed by atoms with Crippen LogP contribution in [0, 0.1) is 5.92 Å². The first kappa shape index (κ1) is 7.54. The van der Waals surface area contributed by atoms with Crippen molar-refractivity contribution >= 4 is 0 Å². The van der Waals surface area contributed by atoms with E-state index in [1.54, 1.807) is 0 Å². The Morgan fingerprint density at radius 1 is 1.25 bits per heavy atom. The molecule has 0 aliphatic carbocycles. The van der Waals surface area contributed by atoms with Crippen molar-refractivity contribution in [1.82, 2.24) is 0 Å². The maximum atomic E-state index is 5.52. The van der Waals surface area contributed by atoms with Gasteiger partial charge in [0.05, 0.1) is 0 Å². The lowest BCUT2D eigenvalue weighted by Crippen LogP contribution is -2.00. The Kier molecular flexibility index (Phi) is 2.59. The molecule has 0 amide bonds. The zero-order valence-corrected chi connectivity index (χ0v) is 6.15. The van der Waals surface area contributed by atoms with E-state index in [1.807, 2.05) is 6.92 Å². The molecule has 0 aromatic carbocycles. The van der Waals surface area contributed by atoms with Crippen LogP contribution >= 0.6 is 0 Å². The Labute approximate surface area is 51.6 Å². The number of hydrogen-bond donors (Lipinski definition) is 1. The van der Waals surface area contributed by atoms with Gasteiger partial charge in [0.15, 0.2) is 0 Å². The molecule has 0 fully saturated rings. The van der Waals surface area contributed by atoms with Crippen molar-refractivity contribution in [3.63, 3.8) is 0 Å². The van der Waals surface area contributed by atoms with Gasteiger partial charge >= 0.3 is 0 Å². The fourth-order valence-electron chi connectivity index (χ4n) is 0.455. The summed E-state index contributed by atoms with van der Waals surface area (Å²) in [6, 6.07) is 0. The lowest BCUT2D eigenvalue weighted by molar-refractivity contribution is 0.754. The summed E-state index contributed by atoms with van der Waals surface area (Å²) in [4.78, 5) is 0. The second-order valence-corrected chi connectivity index (χ2v) is 2.52. The molecule has 1 nitrogen and oxygen atoms in total. The van der Waals surface area contributed by atoms with Gasteiger partial charge in [0.1, 0.15) is 0 Å². The van der Waals surface area contributed by atoms with Crippen LogP contribution in [0.5, 0.6) is 0 Å². The van der Waals surface area contributed by atoms with E-state index >= 15 is 0 Å². The Balaban J connectivity index is 4.00. The molecule has 0 aromatic heterocycles. The molecule has 48 valence electrons. The lowest BCUT2D eigenvalue weighted by Gasteiger charge is -2.05. The summed E-state index contributed by atoms with van der Waals surface area (Å²) in [6.45, 7) is 8.30. The molecule has 0 saturated carbocycles. The smallest absolute Gasteiger partial charge is 0.00405 e. The highest BCUT2D eigenvalue weighted by Gasteiger charge is 1.96. The molecule has 0 rings (SSSR count). The maximum Gasteiger partial charge on any atom is 0.00405 e. The largest absolute Gasteiger partial charge is 0.402 e. The van der Waals surface area contributed by atoms with Crippen LogP contribution in [0.3, 0.4) is 0 Å². The monoisotopic (exact) mass is 113 g/mol. The summed E-state index contributed by atoms with van der Waals surface area (Å²) in [5.41, 5.74) is 7.77. The van der Waals surface area contributed by atoms with Gasteiger partial charge in [-0.05, 0) is 19.8 Å². The minimum Gasteiger partial charge on any atom is -0.402 e. The minimum atomic E-state index is 0.597. The lowest BCUT2D eigenvalue weighted by atomic mass is 10.0. The van der Waals surface area contributed by atoms with E-state index in [0.717, 1.165) is 5.70 Å². The van der Waals surface area contributed by atoms with Crippen molar-refractivity contribution in [3.05, 3.63) is 11.3 Å². The van der Waals surface area contributed by atoms with Crippen molar-refractivity contribution in [1.29, 1.82) is 0 Å². The van der Waals surface area contributed by atoms with Crippen LogP contribution in [0.4, 0.5) is 0 Å². The van der Waals surface area contributed by atoms with Crippen LogP contribution in [0.15, 0.2) is 11.3 Å². The van der Waals surface area contributed by atoms with Gasteiger partial charge in [-0.15, -0.1) is 0 Å². The molecule has 1 heteroatoms. The van der Waals surface area contributed by atoms with Gasteiger partial charge in [-0.25, -0.2) is 0 Å². The van der Waals surface area contributed by atoms with E-state index in [1.165, 1.54) is 5.57 Å². The average Bonchev–Trinajstić information content (AvgIpc) is 1.64. The topological polar surface area (TPSA) is 26.0 Å². The summed E-state index contributed by atoms with van der Waals surface area (Å²) in [5.74, 6) is 0.597. The molecular weight excluding hydrogens is 98.1 g/mol. The summed E-state index contributed by atoms with van der Waals surface area (Å²) >= 11 is 0. The van der Waals surface area contributed by atoms with Crippen LogP contribution in [0.2, 0.25) is 0 Å². The second kappa shape index (κ2) is 2.75. The molecule has 0 unspecified atom stereocenters. The molecular formula is C7H15N. The summed E-state index contributed by atoms with van der Waals surface area (Å²) in [5, 5.41) is 0. The first-order valence-corrected chi connectivity index (χ1v) is 2.98. The van der Waals surface area contributed by atoms with Gasteiger partial charge in [-0.3, -0.25) is 0 Å². The van der Waals surface area contributed by atoms with Gasteiger partial charge in [-0.2, -0.15) is 0 Å². The minimum absolute atomic E-state index is 0.597. The molecule has 8 heavy (non-hydrogen) atoms. The van der Waals surface area contributed by atoms with Gasteiger partial charge < -0.3 is 5.73 Å². The third kappa shape index (κ3) is 2.01. The predicted octanol–water partition coefficient (Wildman–Crippen LogP) is 1.90. The van der Waals surface area contributed by atoms with Gasteiger partial charge in [-0.1, -0.05) is 19.4 Å². The number of nitrogens with two attached hydrogens (primary N) is 1. The fourth-order valence-corrected chi connectivity index (χ4v) is 0.455. The highest BCUT2D eigenvalue weighted by molar-refractivity contribution is 5.07. The Morgan fingerprint density at radius 2 is 1.62 bits per heavy atom. The molecule has 2 N–H and O–H groups in total. The van der Waals surface area contributed by atoms with E-state index in [9.17, 15) is 0 Å². The summed E-state index contributed by atoms with van der Waals surface area (Å²) in [6.07, 6.45) is 0. The SMILES string of the molecule is C/C(N)=C(/C)C(C)C. The molecule has 0 spiro atoms. The van der Waals surface area contributed by atoms with Crippen LogP contribution in [0.25, 0.3) is 0 Å². The molecule has 0 aliphatic heterocycles. The van der Waals surface area contributed by atoms with Gasteiger partial charge in [0.2, 0.25) is 0 Å². The van der Waals surface area contributed by atoms with Crippen LogP contribution < -0.4 is 5.73 Å². The zero-order valence-electron chi connectivity index (χ0n) is 6.15. The van der Waals surface area contributed by atoms with Crippen molar-refractivity contribution in [2.45, 2.75) is 27.7 Å². The van der Waals surface area contributed by atoms with Gasteiger partial charge in [0, 0.05) is 5.70 Å². The number of hydrogen-bond acceptors (Lipinski definition) is 1. The van der Waals surface area contributed by atoms with Crippen LogP contribution in [-0.2, 0) is 0 Å². The Bertz CT molecular complexity index is 97.0. The average molecular weight is 113 g/mol. The predicted molar refractivity (Wildman–Crippen MR) is 37.4 cm³/mol. The standard InChI is InChI=1S/C7H15N/c1-5(2)6(3)7(4)8/h5H,8H2,1-4H3/b7-6+. The first-order valence-electron chi connectivity index (χ1n) is 2.98. The fraction of sp³-hybridized carbons (Fsp3) is 0.714. The highest BCUT2D eigenvalue weighted by Crippen LogP contribution is 2.09. The van der Waals surface area contributed by atoms with Crippen LogP contribution in [0.1, 0.15) is 27.7 Å². The van der Waals surface area contributed by atoms with Crippen molar-refractivity contribution in [2.75, 3.05) is 0 Å². The molecule has 0 bridgehead atoms. The number of rotatable bonds is 1. The first-order chi connectivity index (χ1) is 3.55. The third-order valence-corrected chi connectivity index (χ3v) is 1.49. The van der Waals surface area contributed by atoms with E-state index in [4.69, 9.17) is 5.73 Å². The molecule has 0 aliphatic rings. The quantitative estimate of drug-likeness (QED) is 0.552. The van der Waals surface area contributed by atoms with Crippen molar-refractivity contribution in [3.8, 4) is 0 Å². The van der Waals surface area contributed by atoms with E-state index in [2.05, 4.69) is 20.8 Å². The Morgan fingerprint density at radius 3 is 1.62 bits per heavy atom. The highest BCUT2D eigenvalue weighted by atomic mass is 14.6. The van der Waals surface area contributed by atoms with E-state index < -0.39 is 0 Å². The normalized spacial score (nSPS) is 14.1.